The summed E-state index contributed by atoms with van der Waals surface area (Å²) in [6, 6.07) is 23.0. The number of aliphatic hydroxyl groups excluding tert-OH is 9. The van der Waals surface area contributed by atoms with Crippen LogP contribution in [0.15, 0.2) is 117 Å². The van der Waals surface area contributed by atoms with Gasteiger partial charge in [-0.15, -0.1) is 39.5 Å². The monoisotopic (exact) mass is 1660 g/mol. The van der Waals surface area contributed by atoms with Crippen molar-refractivity contribution in [1.82, 2.24) is 0 Å². The van der Waals surface area contributed by atoms with E-state index in [1.165, 1.54) is 72.8 Å². The van der Waals surface area contributed by atoms with Crippen molar-refractivity contribution in [2.45, 2.75) is 232 Å². The van der Waals surface area contributed by atoms with Crippen molar-refractivity contribution in [3.8, 4) is 0 Å². The molecule has 4 saturated carbocycles. The summed E-state index contributed by atoms with van der Waals surface area (Å²) in [5.41, 5.74) is 3.23. The molecule has 9 aliphatic heterocycles. The molecule has 4 aliphatic carbocycles. The van der Waals surface area contributed by atoms with Gasteiger partial charge in [0.1, 0.15) is 146 Å². The summed E-state index contributed by atoms with van der Waals surface area (Å²) >= 11 is 0. The van der Waals surface area contributed by atoms with E-state index in [2.05, 4.69) is 14.2 Å². The largest absolute Gasteiger partial charge is 1.00 e. The second-order valence-electron chi connectivity index (χ2n) is 24.6. The molecule has 9 N–H and O–H groups in total. The van der Waals surface area contributed by atoms with E-state index in [-0.39, 0.29) is 49.1 Å². The van der Waals surface area contributed by atoms with Gasteiger partial charge in [-0.1, -0.05) is 70.8 Å². The molecular weight excluding hydrogens is 1590 g/mol. The van der Waals surface area contributed by atoms with Crippen LogP contribution in [0.5, 0.6) is 0 Å². The van der Waals surface area contributed by atoms with Crippen molar-refractivity contribution in [3.05, 3.63) is 119 Å². The third-order valence-corrected chi connectivity index (χ3v) is 22.7. The van der Waals surface area contributed by atoms with Crippen molar-refractivity contribution in [2.75, 3.05) is 14.2 Å². The number of halogens is 9. The van der Waals surface area contributed by atoms with E-state index in [9.17, 15) is 88.5 Å². The summed E-state index contributed by atoms with van der Waals surface area (Å²) in [5, 5.41) is 90.8. The summed E-state index contributed by atoms with van der Waals surface area (Å²) in [6.07, 6.45) is -53.5. The van der Waals surface area contributed by atoms with Gasteiger partial charge in [0.15, 0.2) is 0 Å². The number of benzene rings is 4. The van der Waals surface area contributed by atoms with Crippen LogP contribution in [0.4, 0.5) is 39.5 Å². The summed E-state index contributed by atoms with van der Waals surface area (Å²) in [5.74, 6) is 0. The van der Waals surface area contributed by atoms with Crippen LogP contribution in [0.3, 0.4) is 0 Å². The smallest absolute Gasteiger partial charge is 0.857 e. The molecule has 34 nitrogen and oxygen atoms in total. The molecule has 48 heteroatoms. The van der Waals surface area contributed by atoms with Crippen LogP contribution in [0.2, 0.25) is 0 Å². The number of hydrogen-bond acceptors (Lipinski definition) is 34. The third kappa shape index (κ3) is 20.2. The maximum absolute atomic E-state index is 13.3. The number of aliphatic hydroxyl groups is 9. The van der Waals surface area contributed by atoms with Crippen molar-refractivity contribution >= 4 is 40.5 Å². The zero-order valence-electron chi connectivity index (χ0n) is 56.6. The van der Waals surface area contributed by atoms with E-state index in [1.54, 1.807) is 38.1 Å². The van der Waals surface area contributed by atoms with Crippen LogP contribution in [0, 0.1) is 27.7 Å². The Morgan fingerprint density at radius 1 is 0.287 bits per heavy atom. The molecule has 9 saturated heterocycles. The normalized spacial score (nSPS) is 36.2. The molecule has 16 unspecified atom stereocenters. The number of alkyl halides is 9. The molecule has 0 radical (unpaired) electrons. The molecule has 602 valence electrons. The van der Waals surface area contributed by atoms with Crippen molar-refractivity contribution < 1.29 is 227 Å². The second-order valence-corrected chi connectivity index (χ2v) is 30.9. The maximum atomic E-state index is 13.3. The van der Waals surface area contributed by atoms with E-state index >= 15 is 0 Å². The maximum Gasteiger partial charge on any atom is 1.00 e. The Hall–Kier alpha value is -3.99. The molecule has 0 amide bonds. The topological polar surface area (TPSA) is 489 Å². The number of hydrogen-bond donors (Lipinski definition) is 9. The minimum absolute atomic E-state index is 0. The summed E-state index contributed by atoms with van der Waals surface area (Å²) < 4.78 is 296. The number of ether oxygens (including phenoxy) is 12. The first-order chi connectivity index (χ1) is 49.8. The molecular formula is C60H70F9NaO34S4. The van der Waals surface area contributed by atoms with Gasteiger partial charge < -0.3 is 93.7 Å². The molecule has 13 aliphatic rings. The van der Waals surface area contributed by atoms with Crippen molar-refractivity contribution in [2.24, 2.45) is 0 Å². The minimum Gasteiger partial charge on any atom is -0.857 e. The predicted molar refractivity (Wildman–Crippen MR) is 323 cm³/mol. The first-order valence-electron chi connectivity index (χ1n) is 31.2. The van der Waals surface area contributed by atoms with E-state index < -0.39 is 225 Å². The van der Waals surface area contributed by atoms with Gasteiger partial charge in [0.2, 0.25) is 0 Å². The van der Waals surface area contributed by atoms with Gasteiger partial charge in [-0.3, -0.25) is 30.9 Å². The molecule has 17 rings (SSSR count). The summed E-state index contributed by atoms with van der Waals surface area (Å²) in [4.78, 5) is -0.753. The Morgan fingerprint density at radius 3 is 0.713 bits per heavy atom. The van der Waals surface area contributed by atoms with E-state index in [0.29, 0.717) is 0 Å². The number of rotatable bonds is 15. The van der Waals surface area contributed by atoms with Crippen LogP contribution in [-0.4, -0.2) is 279 Å². The Bertz CT molecular complexity index is 3880. The fraction of sp³-hybridized carbons (Fsp3) is 0.600. The van der Waals surface area contributed by atoms with Gasteiger partial charge >= 0.3 is 48.6 Å². The van der Waals surface area contributed by atoms with Gasteiger partial charge in [-0.05, 0) is 76.2 Å². The quantitative estimate of drug-likeness (QED) is 0.0310. The predicted octanol–water partition coefficient (Wildman–Crippen LogP) is -4.08. The van der Waals surface area contributed by atoms with Crippen LogP contribution in [0.25, 0.3) is 0 Å². The molecule has 108 heavy (non-hydrogen) atoms. The number of aryl methyl sites for hydroxylation is 4. The Morgan fingerprint density at radius 2 is 0.463 bits per heavy atom. The van der Waals surface area contributed by atoms with Crippen LogP contribution in [-0.2, 0) is 114 Å². The standard InChI is InChI=1S/C22H21F3O10S2.C21H22O10S2.C8H9F3O6.C7H11F3O6.CH4O.CH3O.Na/c1-11-3-7-13(8-4-11)36(26,27)34-19-15-18(33-22(23,24)25)16-20(17(19)32-21(30-15)31-16)35-37(28,29)14-9-5-12(2)6-10-14;1-11-3-7-13(8-4-11)32(23,24)30-19-16-15(22)17-20(18(19)29-21(27-16)28-17)31-33(25,26)14-9-5-12(2)6-10-14;9-8(10,11)17-6-4-1(12)3-2(13)5(6)16-7(14-3)15-4;8-7(9,10)16-6-4(14)2(12)1(11)3(13)5(6)15;2*1-2;/h3-10,15-21H,1-2H3;3-10,15-22H,1-2H3;1-7,12-13H;1-6,11-15H;2H,1H3;1H3;/q;;;;;-1;+1. The zero-order chi connectivity index (χ0) is 79.3. The first-order valence-corrected chi connectivity index (χ1v) is 36.9. The fourth-order valence-electron chi connectivity index (χ4n) is 12.4. The summed E-state index contributed by atoms with van der Waals surface area (Å²) in [6.45, 7) is 3.22. The molecule has 16 atom stereocenters. The Kier molecular flexibility index (Phi) is 29.0. The van der Waals surface area contributed by atoms with Gasteiger partial charge in [-0.2, -0.15) is 40.8 Å². The van der Waals surface area contributed by atoms with Crippen LogP contribution in [0.1, 0.15) is 22.3 Å². The molecule has 0 spiro atoms. The minimum atomic E-state index is -5.20. The fourth-order valence-corrected chi connectivity index (χ4v) is 16.8. The second kappa shape index (κ2) is 35.0. The first kappa shape index (κ1) is 89.6. The molecule has 13 fully saturated rings. The van der Waals surface area contributed by atoms with Crippen LogP contribution >= 0.6 is 0 Å². The van der Waals surface area contributed by atoms with Gasteiger partial charge in [0.05, 0.1) is 19.6 Å². The van der Waals surface area contributed by atoms with Crippen LogP contribution < -0.4 is 34.7 Å². The van der Waals surface area contributed by atoms with E-state index in [0.717, 1.165) is 36.5 Å². The summed E-state index contributed by atoms with van der Waals surface area (Å²) in [7, 11) is -15.9. The van der Waals surface area contributed by atoms with E-state index in [4.69, 9.17) is 95.1 Å². The van der Waals surface area contributed by atoms with Gasteiger partial charge in [-0.25, -0.2) is 0 Å². The zero-order valence-corrected chi connectivity index (χ0v) is 61.9. The molecule has 4 aromatic carbocycles. The SMILES string of the molecule is CO.C[O-].Cc1ccc(S(=O)(=O)OC2C3OC4OC(C3O)C(OS(=O)(=O)c3ccc(C)cc3)C2O4)cc1.Cc1ccc(S(=O)(=O)OC2C3OC4OC(C3OC(F)(F)F)C(OS(=O)(=O)c3ccc(C)cc3)C2O4)cc1.OC1C(O)C(O)C(OC(F)(F)F)C(O)C1O.OC1C2OC3OC1C(OC(F)(F)F)C(O3)C2O.[Na+]. The Balaban J connectivity index is 0.000000188. The van der Waals surface area contributed by atoms with Gasteiger partial charge in [0.25, 0.3) is 59.9 Å². The molecule has 4 aromatic rings. The molecule has 9 heterocycles. The van der Waals surface area contributed by atoms with Crippen molar-refractivity contribution in [1.29, 1.82) is 0 Å². The van der Waals surface area contributed by atoms with E-state index in [1.807, 2.05) is 13.8 Å². The molecule has 12 bridgehead atoms. The molecule has 0 aromatic heterocycles. The average molecular weight is 1660 g/mol. The average Bonchev–Trinajstić information content (AvgIpc) is 0.735. The Labute approximate surface area is 630 Å². The van der Waals surface area contributed by atoms with Crippen molar-refractivity contribution in [3.63, 3.8) is 0 Å². The third-order valence-electron chi connectivity index (χ3n) is 17.4. The van der Waals surface area contributed by atoms with Gasteiger partial charge in [0, 0.05) is 7.11 Å².